The molecule has 7 nitrogen and oxygen atoms in total. The number of aliphatic hydroxyl groups is 2. The van der Waals surface area contributed by atoms with Crippen molar-refractivity contribution in [2.24, 2.45) is 0 Å². The molecule has 3 rings (SSSR count). The monoisotopic (exact) mass is 454 g/mol. The third-order valence-corrected chi connectivity index (χ3v) is 5.43. The van der Waals surface area contributed by atoms with Gasteiger partial charge in [0.15, 0.2) is 5.78 Å². The largest absolute Gasteiger partial charge is 0.508 e. The zero-order chi connectivity index (χ0) is 24.5. The Labute approximate surface area is 193 Å². The number of methoxy groups -OCH3 is 1. The number of carbonyl (C=O) groups is 1. The number of benzene rings is 2. The standard InChI is InChI=1S/C26H30O7/c1-14(2)19(28)10-17-9-16(8-15(25(17)32-5)6-7-26(3,4)31)22-13-21(30)24-20(29)11-18(27)12-23(24)33-22/h6-9,11-12,19,22,27-29,31H,1,10,13H2,2-5H3. The number of aliphatic hydroxyl groups excluding tert-OH is 1. The second-order valence-corrected chi connectivity index (χ2v) is 8.93. The molecule has 0 saturated carbocycles. The second-order valence-electron chi connectivity index (χ2n) is 8.93. The number of hydrogen-bond acceptors (Lipinski definition) is 7. The van der Waals surface area contributed by atoms with Gasteiger partial charge in [-0.3, -0.25) is 4.79 Å². The molecule has 0 amide bonds. The van der Waals surface area contributed by atoms with Gasteiger partial charge in [-0.1, -0.05) is 24.3 Å². The molecule has 0 saturated heterocycles. The Bertz CT molecular complexity index is 1110. The molecular formula is C26H30O7. The first-order chi connectivity index (χ1) is 15.4. The SMILES string of the molecule is C=C(C)C(O)Cc1cc(C2CC(=O)c3c(O)cc(O)cc3O2)cc(C=CC(C)(C)O)c1OC. The van der Waals surface area contributed by atoms with Gasteiger partial charge in [0.05, 0.1) is 25.2 Å². The fourth-order valence-electron chi connectivity index (χ4n) is 3.74. The van der Waals surface area contributed by atoms with E-state index in [9.17, 15) is 25.2 Å². The van der Waals surface area contributed by atoms with Crippen LogP contribution in [0.1, 0.15) is 60.3 Å². The Morgan fingerprint density at radius 1 is 1.30 bits per heavy atom. The normalized spacial score (nSPS) is 16.9. The van der Waals surface area contributed by atoms with Crippen LogP contribution in [0.2, 0.25) is 0 Å². The van der Waals surface area contributed by atoms with Crippen LogP contribution in [0.3, 0.4) is 0 Å². The Morgan fingerprint density at radius 3 is 2.61 bits per heavy atom. The summed E-state index contributed by atoms with van der Waals surface area (Å²) in [5.41, 5.74) is 1.54. The molecule has 0 fully saturated rings. The van der Waals surface area contributed by atoms with Crippen molar-refractivity contribution in [3.8, 4) is 23.0 Å². The van der Waals surface area contributed by atoms with E-state index in [-0.39, 0.29) is 41.4 Å². The molecule has 7 heteroatoms. The van der Waals surface area contributed by atoms with Crippen LogP contribution in [0.15, 0.2) is 42.5 Å². The molecule has 1 aliphatic rings. The van der Waals surface area contributed by atoms with Gasteiger partial charge in [0.25, 0.3) is 0 Å². The third kappa shape index (κ3) is 5.56. The maximum Gasteiger partial charge on any atom is 0.174 e. The van der Waals surface area contributed by atoms with Crippen molar-refractivity contribution in [1.29, 1.82) is 0 Å². The number of ketones is 1. The molecule has 2 unspecified atom stereocenters. The molecule has 0 aromatic heterocycles. The predicted molar refractivity (Wildman–Crippen MR) is 125 cm³/mol. The Kier molecular flexibility index (Phi) is 6.86. The predicted octanol–water partition coefficient (Wildman–Crippen LogP) is 4.08. The number of hydrogen-bond donors (Lipinski definition) is 4. The maximum atomic E-state index is 12.8. The van der Waals surface area contributed by atoms with Crippen LogP contribution in [-0.4, -0.2) is 45.0 Å². The summed E-state index contributed by atoms with van der Waals surface area (Å²) < 4.78 is 11.6. The molecule has 176 valence electrons. The van der Waals surface area contributed by atoms with E-state index in [1.807, 2.05) is 0 Å². The van der Waals surface area contributed by atoms with Crippen LogP contribution in [0, 0.1) is 0 Å². The Balaban J connectivity index is 2.11. The summed E-state index contributed by atoms with van der Waals surface area (Å²) in [6.45, 7) is 8.82. The molecule has 33 heavy (non-hydrogen) atoms. The van der Waals surface area contributed by atoms with Crippen molar-refractivity contribution in [3.05, 3.63) is 64.7 Å². The van der Waals surface area contributed by atoms with Gasteiger partial charge in [-0.15, -0.1) is 0 Å². The van der Waals surface area contributed by atoms with E-state index in [0.717, 1.165) is 6.07 Å². The van der Waals surface area contributed by atoms with E-state index in [0.29, 0.717) is 28.0 Å². The van der Waals surface area contributed by atoms with Crippen molar-refractivity contribution in [1.82, 2.24) is 0 Å². The molecule has 2 aromatic rings. The zero-order valence-electron chi connectivity index (χ0n) is 19.3. The zero-order valence-corrected chi connectivity index (χ0v) is 19.3. The summed E-state index contributed by atoms with van der Waals surface area (Å²) in [4.78, 5) is 12.8. The first-order valence-electron chi connectivity index (χ1n) is 10.6. The van der Waals surface area contributed by atoms with Crippen LogP contribution in [-0.2, 0) is 6.42 Å². The quantitative estimate of drug-likeness (QED) is 0.466. The molecular weight excluding hydrogens is 424 g/mol. The van der Waals surface area contributed by atoms with Crippen molar-refractivity contribution >= 4 is 11.9 Å². The molecule has 1 aliphatic heterocycles. The summed E-state index contributed by atoms with van der Waals surface area (Å²) in [5.74, 6) is -0.235. The molecule has 0 bridgehead atoms. The Hall–Kier alpha value is -3.29. The fraction of sp³-hybridized carbons (Fsp3) is 0.346. The van der Waals surface area contributed by atoms with Crippen molar-refractivity contribution in [2.45, 2.75) is 51.4 Å². The van der Waals surface area contributed by atoms with Gasteiger partial charge in [-0.25, -0.2) is 0 Å². The number of Topliss-reactive ketones (excluding diaryl/α,β-unsaturated/α-hetero) is 1. The van der Waals surface area contributed by atoms with Gasteiger partial charge in [-0.2, -0.15) is 0 Å². The van der Waals surface area contributed by atoms with Crippen LogP contribution < -0.4 is 9.47 Å². The highest BCUT2D eigenvalue weighted by Gasteiger charge is 2.32. The lowest BCUT2D eigenvalue weighted by molar-refractivity contribution is 0.0844. The highest BCUT2D eigenvalue weighted by molar-refractivity contribution is 6.02. The van der Waals surface area contributed by atoms with E-state index in [4.69, 9.17) is 9.47 Å². The van der Waals surface area contributed by atoms with Gasteiger partial charge in [0, 0.05) is 24.1 Å². The fourth-order valence-corrected chi connectivity index (χ4v) is 3.74. The lowest BCUT2D eigenvalue weighted by atomic mass is 9.91. The number of carbonyl (C=O) groups excluding carboxylic acids is 1. The molecule has 2 aromatic carbocycles. The highest BCUT2D eigenvalue weighted by Crippen LogP contribution is 2.43. The third-order valence-electron chi connectivity index (χ3n) is 5.43. The van der Waals surface area contributed by atoms with E-state index in [1.165, 1.54) is 13.2 Å². The van der Waals surface area contributed by atoms with Gasteiger partial charge in [0.2, 0.25) is 0 Å². The first kappa shape index (κ1) is 24.4. The van der Waals surface area contributed by atoms with Crippen LogP contribution in [0.25, 0.3) is 6.08 Å². The molecule has 4 N–H and O–H groups in total. The molecule has 2 atom stereocenters. The summed E-state index contributed by atoms with van der Waals surface area (Å²) in [6.07, 6.45) is 2.06. The van der Waals surface area contributed by atoms with E-state index in [2.05, 4.69) is 6.58 Å². The summed E-state index contributed by atoms with van der Waals surface area (Å²) >= 11 is 0. The van der Waals surface area contributed by atoms with Crippen LogP contribution in [0.4, 0.5) is 0 Å². The van der Waals surface area contributed by atoms with Crippen molar-refractivity contribution < 1.29 is 34.7 Å². The van der Waals surface area contributed by atoms with E-state index in [1.54, 1.807) is 45.1 Å². The first-order valence-corrected chi connectivity index (χ1v) is 10.6. The molecule has 0 spiro atoms. The van der Waals surface area contributed by atoms with Gasteiger partial charge < -0.3 is 29.9 Å². The van der Waals surface area contributed by atoms with Crippen molar-refractivity contribution in [3.63, 3.8) is 0 Å². The number of rotatable bonds is 7. The van der Waals surface area contributed by atoms with Crippen LogP contribution >= 0.6 is 0 Å². The second kappa shape index (κ2) is 9.29. The molecule has 0 aliphatic carbocycles. The summed E-state index contributed by atoms with van der Waals surface area (Å²) in [6, 6.07) is 6.00. The molecule has 1 heterocycles. The Morgan fingerprint density at radius 2 is 2.00 bits per heavy atom. The minimum atomic E-state index is -1.07. The number of fused-ring (bicyclic) bond motifs is 1. The number of phenols is 2. The van der Waals surface area contributed by atoms with E-state index >= 15 is 0 Å². The van der Waals surface area contributed by atoms with Gasteiger partial charge >= 0.3 is 0 Å². The van der Waals surface area contributed by atoms with Gasteiger partial charge in [0.1, 0.15) is 34.7 Å². The number of ether oxygens (including phenoxy) is 2. The highest BCUT2D eigenvalue weighted by atomic mass is 16.5. The van der Waals surface area contributed by atoms with E-state index < -0.39 is 17.8 Å². The maximum absolute atomic E-state index is 12.8. The smallest absolute Gasteiger partial charge is 0.174 e. The average Bonchev–Trinajstić information content (AvgIpc) is 2.70. The van der Waals surface area contributed by atoms with Gasteiger partial charge in [-0.05, 0) is 44.0 Å². The summed E-state index contributed by atoms with van der Waals surface area (Å²) in [7, 11) is 1.52. The van der Waals surface area contributed by atoms with Crippen LogP contribution in [0.5, 0.6) is 23.0 Å². The number of phenolic OH excluding ortho intramolecular Hbond substituents is 2. The van der Waals surface area contributed by atoms with Crippen molar-refractivity contribution in [2.75, 3.05) is 7.11 Å². The summed E-state index contributed by atoms with van der Waals surface area (Å²) in [5, 5.41) is 40.5. The lowest BCUT2D eigenvalue weighted by Gasteiger charge is -2.27. The molecule has 0 radical (unpaired) electrons. The average molecular weight is 455 g/mol. The number of aromatic hydroxyl groups is 2. The lowest BCUT2D eigenvalue weighted by Crippen LogP contribution is -2.21. The topological polar surface area (TPSA) is 116 Å². The minimum absolute atomic E-state index is 0.0191. The minimum Gasteiger partial charge on any atom is -0.508 e.